The molecule has 2 aliphatic heterocycles. The number of carbonyl (C=O) groups excluding carboxylic acids is 2. The van der Waals surface area contributed by atoms with Crippen molar-refractivity contribution in [3.8, 4) is 17.6 Å². The zero-order chi connectivity index (χ0) is 42.6. The van der Waals surface area contributed by atoms with Gasteiger partial charge >= 0.3 is 12.3 Å². The van der Waals surface area contributed by atoms with Gasteiger partial charge in [0.2, 0.25) is 5.91 Å². The first-order chi connectivity index (χ1) is 27.9. The van der Waals surface area contributed by atoms with E-state index in [0.717, 1.165) is 69.3 Å². The van der Waals surface area contributed by atoms with Crippen molar-refractivity contribution < 1.29 is 37.2 Å². The Balaban J connectivity index is 1.04. The van der Waals surface area contributed by atoms with Gasteiger partial charge in [-0.1, -0.05) is 11.8 Å². The number of amides is 2. The fraction of sp³-hybridized carbons (Fsp3) is 0.581. The number of nitrogens with zero attached hydrogens (tertiary/aromatic N) is 6. The highest BCUT2D eigenvalue weighted by Gasteiger charge is 2.35. The summed E-state index contributed by atoms with van der Waals surface area (Å²) in [6, 6.07) is 5.60. The predicted molar refractivity (Wildman–Crippen MR) is 217 cm³/mol. The number of piperazine rings is 1. The molecule has 59 heavy (non-hydrogen) atoms. The summed E-state index contributed by atoms with van der Waals surface area (Å²) in [7, 11) is 1.60. The van der Waals surface area contributed by atoms with E-state index in [0.29, 0.717) is 67.1 Å². The van der Waals surface area contributed by atoms with E-state index < -0.39 is 34.0 Å². The number of halogens is 3. The monoisotopic (exact) mass is 821 g/mol. The second-order valence-electron chi connectivity index (χ2n) is 16.9. The molecule has 1 saturated carbocycles. The number of carbonyl (C=O) groups is 2. The Morgan fingerprint density at radius 3 is 2.24 bits per heavy atom. The van der Waals surface area contributed by atoms with Crippen molar-refractivity contribution in [2.75, 3.05) is 58.2 Å². The van der Waals surface area contributed by atoms with E-state index in [1.807, 2.05) is 37.8 Å². The number of nitro benzene ring substituents is 1. The minimum absolute atomic E-state index is 0.0730. The van der Waals surface area contributed by atoms with Gasteiger partial charge in [0, 0.05) is 74.7 Å². The lowest BCUT2D eigenvalue weighted by Crippen LogP contribution is -2.50. The van der Waals surface area contributed by atoms with Crippen LogP contribution in [0, 0.1) is 40.7 Å². The van der Waals surface area contributed by atoms with Crippen LogP contribution in [-0.4, -0.2) is 100 Å². The first kappa shape index (κ1) is 43.4. The summed E-state index contributed by atoms with van der Waals surface area (Å²) in [5.41, 5.74) is -0.653. The minimum Gasteiger partial charge on any atom is -0.496 e. The summed E-state index contributed by atoms with van der Waals surface area (Å²) in [6.45, 7) is 13.7. The van der Waals surface area contributed by atoms with Crippen LogP contribution < -0.4 is 10.1 Å². The first-order valence-corrected chi connectivity index (χ1v) is 20.4. The summed E-state index contributed by atoms with van der Waals surface area (Å²) in [4.78, 5) is 51.9. The van der Waals surface area contributed by atoms with Gasteiger partial charge < -0.3 is 24.6 Å². The largest absolute Gasteiger partial charge is 0.496 e. The van der Waals surface area contributed by atoms with Gasteiger partial charge in [0.05, 0.1) is 35.7 Å². The molecule has 1 atom stereocenters. The summed E-state index contributed by atoms with van der Waals surface area (Å²) in [5.74, 6) is 8.69. The molecule has 3 heterocycles. The van der Waals surface area contributed by atoms with Gasteiger partial charge in [0.15, 0.2) is 0 Å². The topological polar surface area (TPSA) is 143 Å². The Morgan fingerprint density at radius 2 is 1.63 bits per heavy atom. The number of aromatic nitrogens is 2. The molecule has 318 valence electrons. The highest BCUT2D eigenvalue weighted by molar-refractivity contribution is 5.91. The van der Waals surface area contributed by atoms with Crippen molar-refractivity contribution in [2.45, 2.75) is 96.9 Å². The molecule has 13 nitrogen and oxygen atoms in total. The highest BCUT2D eigenvalue weighted by Crippen LogP contribution is 2.43. The number of likely N-dealkylation sites (tertiary alicyclic amines) is 1. The van der Waals surface area contributed by atoms with E-state index in [2.05, 4.69) is 32.0 Å². The Kier molecular flexibility index (Phi) is 13.2. The van der Waals surface area contributed by atoms with Gasteiger partial charge in [-0.25, -0.2) is 14.8 Å². The van der Waals surface area contributed by atoms with Crippen LogP contribution in [0.1, 0.15) is 101 Å². The Morgan fingerprint density at radius 1 is 0.949 bits per heavy atom. The SMILES string of the molecule is COc1cc2nc(C)nc(N[C@H](C)c3cc([N+](=O)[O-])cc(C(F)(F)F)c3)c2cc1C1CCC(C(=O)N2CCN(CC#CC3CCN(C(=O)OC(C)(C)C)CC3)CC2)CC1. The molecule has 0 bridgehead atoms. The van der Waals surface area contributed by atoms with Gasteiger partial charge in [-0.2, -0.15) is 13.2 Å². The van der Waals surface area contributed by atoms with Crippen molar-refractivity contribution in [1.29, 1.82) is 0 Å². The quantitative estimate of drug-likeness (QED) is 0.135. The summed E-state index contributed by atoms with van der Waals surface area (Å²) < 4.78 is 52.3. The number of methoxy groups -OCH3 is 1. The average molecular weight is 822 g/mol. The maximum Gasteiger partial charge on any atom is 0.416 e. The number of nitrogens with one attached hydrogen (secondary N) is 1. The Bertz CT molecular complexity index is 2090. The molecule has 0 radical (unpaired) electrons. The normalized spacial score (nSPS) is 20.1. The molecule has 0 unspecified atom stereocenters. The van der Waals surface area contributed by atoms with Gasteiger partial charge in [-0.3, -0.25) is 19.8 Å². The summed E-state index contributed by atoms with van der Waals surface area (Å²) in [6.07, 6.45) is -0.373. The second-order valence-corrected chi connectivity index (χ2v) is 16.9. The van der Waals surface area contributed by atoms with Crippen molar-refractivity contribution in [3.05, 3.63) is 63.0 Å². The second kappa shape index (κ2) is 18.0. The van der Waals surface area contributed by atoms with Gasteiger partial charge in [0.25, 0.3) is 5.69 Å². The number of piperidine rings is 1. The Hall–Kier alpha value is -5.17. The maximum atomic E-state index is 13.7. The number of benzene rings is 2. The molecule has 0 spiro atoms. The molecule has 1 aromatic heterocycles. The number of fused-ring (bicyclic) bond motifs is 1. The number of hydrogen-bond acceptors (Lipinski definition) is 10. The van der Waals surface area contributed by atoms with Crippen molar-refractivity contribution in [2.24, 2.45) is 11.8 Å². The summed E-state index contributed by atoms with van der Waals surface area (Å²) in [5, 5.41) is 15.3. The standard InChI is InChI=1S/C43H54F3N7O6/c1-27(32-22-33(43(44,45)46)24-34(23-32)53(56)57)47-39-36-25-35(38(58-6)26-37(36)48-28(2)49-39)30-9-11-31(12-10-30)40(54)51-20-18-50(19-21-51)15-7-8-29-13-16-52(17-14-29)41(55)59-42(3,4)5/h22-27,29-31H,9-21H2,1-6H3,(H,47,48,49)/t27-,30?,31?/m1/s1. The van der Waals surface area contributed by atoms with Crippen LogP contribution in [0.4, 0.5) is 29.5 Å². The highest BCUT2D eigenvalue weighted by atomic mass is 19.4. The number of hydrogen-bond donors (Lipinski definition) is 1. The smallest absolute Gasteiger partial charge is 0.416 e. The third kappa shape index (κ3) is 10.9. The number of aryl methyl sites for hydroxylation is 1. The lowest BCUT2D eigenvalue weighted by atomic mass is 9.77. The van der Waals surface area contributed by atoms with Gasteiger partial charge in [0.1, 0.15) is 23.0 Å². The lowest BCUT2D eigenvalue weighted by molar-refractivity contribution is -0.385. The third-order valence-corrected chi connectivity index (χ3v) is 11.4. The minimum atomic E-state index is -4.76. The number of rotatable bonds is 8. The molecule has 2 amide bonds. The van der Waals surface area contributed by atoms with E-state index >= 15 is 0 Å². The van der Waals surface area contributed by atoms with Gasteiger partial charge in [-0.15, -0.1) is 0 Å². The zero-order valence-electron chi connectivity index (χ0n) is 34.7. The molecule has 16 heteroatoms. The van der Waals surface area contributed by atoms with Crippen LogP contribution in [0.15, 0.2) is 30.3 Å². The molecular weight excluding hydrogens is 768 g/mol. The molecule has 1 aliphatic carbocycles. The number of non-ortho nitro benzene ring substituents is 1. The maximum absolute atomic E-state index is 13.7. The Labute approximate surface area is 343 Å². The molecule has 3 fully saturated rings. The average Bonchev–Trinajstić information content (AvgIpc) is 3.19. The molecule has 1 N–H and O–H groups in total. The lowest BCUT2D eigenvalue weighted by Gasteiger charge is -2.37. The molecule has 2 saturated heterocycles. The van der Waals surface area contributed by atoms with Crippen LogP contribution in [-0.2, 0) is 15.7 Å². The molecular formula is C43H54F3N7O6. The zero-order valence-corrected chi connectivity index (χ0v) is 34.7. The van der Waals surface area contributed by atoms with Crippen LogP contribution in [0.3, 0.4) is 0 Å². The molecule has 3 aliphatic rings. The fourth-order valence-corrected chi connectivity index (χ4v) is 8.21. The summed E-state index contributed by atoms with van der Waals surface area (Å²) >= 11 is 0. The van der Waals surface area contributed by atoms with Crippen molar-refractivity contribution in [1.82, 2.24) is 24.7 Å². The number of anilines is 1. The molecule has 6 rings (SSSR count). The molecule has 3 aromatic rings. The van der Waals surface area contributed by atoms with E-state index in [-0.39, 0.29) is 35.3 Å². The molecule has 2 aromatic carbocycles. The van der Waals surface area contributed by atoms with Crippen molar-refractivity contribution in [3.63, 3.8) is 0 Å². The van der Waals surface area contributed by atoms with E-state index in [9.17, 15) is 32.9 Å². The van der Waals surface area contributed by atoms with Crippen LogP contribution in [0.2, 0.25) is 0 Å². The fourth-order valence-electron chi connectivity index (χ4n) is 8.21. The number of nitro groups is 1. The van der Waals surface area contributed by atoms with E-state index in [4.69, 9.17) is 9.47 Å². The van der Waals surface area contributed by atoms with Gasteiger partial charge in [-0.05, 0) is 102 Å². The first-order valence-electron chi connectivity index (χ1n) is 20.4. The number of ether oxygens (including phenoxy) is 2. The van der Waals surface area contributed by atoms with Crippen LogP contribution in [0.5, 0.6) is 5.75 Å². The van der Waals surface area contributed by atoms with Crippen LogP contribution in [0.25, 0.3) is 10.9 Å². The van der Waals surface area contributed by atoms with Crippen LogP contribution >= 0.6 is 0 Å². The number of alkyl halides is 3. The van der Waals surface area contributed by atoms with E-state index in [1.54, 1.807) is 25.9 Å². The van der Waals surface area contributed by atoms with E-state index in [1.165, 1.54) is 0 Å². The third-order valence-electron chi connectivity index (χ3n) is 11.4. The predicted octanol–water partition coefficient (Wildman–Crippen LogP) is 8.12. The van der Waals surface area contributed by atoms with Crippen molar-refractivity contribution >= 4 is 34.4 Å².